The summed E-state index contributed by atoms with van der Waals surface area (Å²) in [6, 6.07) is 0. The lowest BCUT2D eigenvalue weighted by Gasteiger charge is -2.08. The fourth-order valence-electron chi connectivity index (χ4n) is 0.674. The van der Waals surface area contributed by atoms with Gasteiger partial charge in [-0.1, -0.05) is 6.08 Å². The first kappa shape index (κ1) is 5.85. The van der Waals surface area contributed by atoms with Gasteiger partial charge in [0.2, 0.25) is 7.41 Å². The van der Waals surface area contributed by atoms with Crippen molar-refractivity contribution in [2.75, 3.05) is 13.2 Å². The Morgan fingerprint density at radius 2 is 2.75 bits per heavy atom. The second-order valence-corrected chi connectivity index (χ2v) is 1.69. The molecule has 0 saturated carbocycles. The summed E-state index contributed by atoms with van der Waals surface area (Å²) in [6.07, 6.45) is 2.86. The molecule has 1 fully saturated rings. The molecular formula is C5H9BNO. The van der Waals surface area contributed by atoms with Gasteiger partial charge in [-0.05, 0) is 6.32 Å². The van der Waals surface area contributed by atoms with Crippen LogP contribution in [-0.2, 0) is 4.84 Å². The maximum atomic E-state index is 5.10. The van der Waals surface area contributed by atoms with Crippen LogP contribution in [0.2, 0.25) is 6.32 Å². The van der Waals surface area contributed by atoms with Gasteiger partial charge >= 0.3 is 0 Å². The zero-order chi connectivity index (χ0) is 5.82. The van der Waals surface area contributed by atoms with Crippen molar-refractivity contribution >= 4 is 7.41 Å². The van der Waals surface area contributed by atoms with Gasteiger partial charge in [-0.3, -0.25) is 0 Å². The zero-order valence-corrected chi connectivity index (χ0v) is 4.84. The van der Waals surface area contributed by atoms with Crippen LogP contribution in [0.3, 0.4) is 0 Å². The molecule has 1 radical (unpaired) electrons. The van der Waals surface area contributed by atoms with Crippen molar-refractivity contribution in [3.8, 4) is 0 Å². The molecule has 8 heavy (non-hydrogen) atoms. The van der Waals surface area contributed by atoms with E-state index in [4.69, 9.17) is 4.84 Å². The molecule has 0 spiro atoms. The van der Waals surface area contributed by atoms with Crippen molar-refractivity contribution in [3.63, 3.8) is 0 Å². The predicted molar refractivity (Wildman–Crippen MR) is 33.4 cm³/mol. The molecular weight excluding hydrogens is 101 g/mol. The molecule has 0 N–H and O–H groups in total. The zero-order valence-electron chi connectivity index (χ0n) is 4.84. The van der Waals surface area contributed by atoms with Crippen LogP contribution in [0.5, 0.6) is 0 Å². The average molecular weight is 110 g/mol. The van der Waals surface area contributed by atoms with Gasteiger partial charge in [0.05, 0.1) is 6.61 Å². The van der Waals surface area contributed by atoms with Crippen LogP contribution in [0.15, 0.2) is 12.7 Å². The molecule has 1 saturated heterocycles. The predicted octanol–water partition coefficient (Wildman–Crippen LogP) is 0.457. The molecule has 3 heteroatoms. The molecule has 1 rings (SSSR count). The highest BCUT2D eigenvalue weighted by Gasteiger charge is 2.11. The molecule has 0 unspecified atom stereocenters. The first-order valence-electron chi connectivity index (χ1n) is 2.77. The molecule has 0 amide bonds. The fourth-order valence-corrected chi connectivity index (χ4v) is 0.674. The van der Waals surface area contributed by atoms with Gasteiger partial charge in [0.25, 0.3) is 0 Å². The van der Waals surface area contributed by atoms with E-state index in [1.54, 1.807) is 4.97 Å². The van der Waals surface area contributed by atoms with Gasteiger partial charge in [-0.15, -0.1) is 6.58 Å². The van der Waals surface area contributed by atoms with E-state index in [2.05, 4.69) is 6.58 Å². The lowest BCUT2D eigenvalue weighted by Crippen LogP contribution is -2.19. The van der Waals surface area contributed by atoms with E-state index in [9.17, 15) is 0 Å². The Morgan fingerprint density at radius 3 is 3.25 bits per heavy atom. The molecule has 1 aliphatic heterocycles. The molecule has 0 aliphatic carbocycles. The first-order valence-corrected chi connectivity index (χ1v) is 2.77. The monoisotopic (exact) mass is 110 g/mol. The molecule has 0 aromatic carbocycles. The third-order valence-electron chi connectivity index (χ3n) is 1.02. The van der Waals surface area contributed by atoms with E-state index >= 15 is 0 Å². The maximum absolute atomic E-state index is 5.10. The van der Waals surface area contributed by atoms with E-state index in [0.717, 1.165) is 19.5 Å². The molecule has 43 valence electrons. The summed E-state index contributed by atoms with van der Waals surface area (Å²) in [4.78, 5) is 6.90. The lowest BCUT2D eigenvalue weighted by atomic mass is 9.91. The molecule has 0 atom stereocenters. The summed E-state index contributed by atoms with van der Waals surface area (Å²) in [6.45, 7) is 5.22. The van der Waals surface area contributed by atoms with Crippen LogP contribution >= 0.6 is 0 Å². The van der Waals surface area contributed by atoms with Crippen molar-refractivity contribution in [1.82, 2.24) is 4.97 Å². The molecule has 2 nitrogen and oxygen atoms in total. The van der Waals surface area contributed by atoms with Crippen molar-refractivity contribution in [3.05, 3.63) is 12.7 Å². The second kappa shape index (κ2) is 2.90. The SMILES string of the molecule is C=CCN1[B]CCO1. The summed E-state index contributed by atoms with van der Waals surface area (Å²) in [7, 11) is 2.03. The average Bonchev–Trinajstić information content (AvgIpc) is 2.19. The summed E-state index contributed by atoms with van der Waals surface area (Å²) >= 11 is 0. The van der Waals surface area contributed by atoms with Crippen LogP contribution in [0.1, 0.15) is 0 Å². The van der Waals surface area contributed by atoms with Gasteiger partial charge < -0.3 is 4.84 Å². The van der Waals surface area contributed by atoms with E-state index in [0.29, 0.717) is 0 Å². The minimum atomic E-state index is 0.806. The highest BCUT2D eigenvalue weighted by atomic mass is 16.7. The van der Waals surface area contributed by atoms with Crippen LogP contribution in [0.25, 0.3) is 0 Å². The Bertz CT molecular complexity index is 80.5. The van der Waals surface area contributed by atoms with E-state index in [-0.39, 0.29) is 0 Å². The quantitative estimate of drug-likeness (QED) is 0.378. The first-order chi connectivity index (χ1) is 3.93. The van der Waals surface area contributed by atoms with Crippen LogP contribution in [-0.4, -0.2) is 25.5 Å². The Hall–Kier alpha value is -0.275. The smallest absolute Gasteiger partial charge is 0.249 e. The van der Waals surface area contributed by atoms with Crippen molar-refractivity contribution in [2.24, 2.45) is 0 Å². The minimum Gasteiger partial charge on any atom is -0.312 e. The van der Waals surface area contributed by atoms with Gasteiger partial charge in [-0.25, -0.2) is 4.97 Å². The number of nitrogens with zero attached hydrogens (tertiary/aromatic N) is 1. The standard InChI is InChI=1S/C5H9BNO/c1-2-4-7-6-3-5-8-7/h2H,1,3-5H2. The van der Waals surface area contributed by atoms with Crippen LogP contribution < -0.4 is 0 Å². The third-order valence-corrected chi connectivity index (χ3v) is 1.02. The second-order valence-electron chi connectivity index (χ2n) is 1.69. The fraction of sp³-hybridized carbons (Fsp3) is 0.600. The lowest BCUT2D eigenvalue weighted by molar-refractivity contribution is -0.0513. The minimum absolute atomic E-state index is 0.806. The third kappa shape index (κ3) is 1.35. The van der Waals surface area contributed by atoms with Crippen LogP contribution in [0.4, 0.5) is 0 Å². The van der Waals surface area contributed by atoms with E-state index < -0.39 is 0 Å². The van der Waals surface area contributed by atoms with E-state index in [1.807, 2.05) is 13.5 Å². The number of hydrogen-bond acceptors (Lipinski definition) is 2. The molecule has 0 aromatic rings. The molecule has 0 bridgehead atoms. The van der Waals surface area contributed by atoms with Gasteiger partial charge in [-0.2, -0.15) is 0 Å². The highest BCUT2D eigenvalue weighted by molar-refractivity contribution is 6.32. The van der Waals surface area contributed by atoms with E-state index in [1.165, 1.54) is 0 Å². The Labute approximate surface area is 50.3 Å². The normalized spacial score (nSPS) is 20.5. The topological polar surface area (TPSA) is 12.5 Å². The van der Waals surface area contributed by atoms with Crippen LogP contribution in [0, 0.1) is 0 Å². The Morgan fingerprint density at radius 1 is 1.88 bits per heavy atom. The number of hydroxylamine groups is 1. The van der Waals surface area contributed by atoms with Crippen molar-refractivity contribution in [1.29, 1.82) is 0 Å². The van der Waals surface area contributed by atoms with Gasteiger partial charge in [0.1, 0.15) is 0 Å². The summed E-state index contributed by atoms with van der Waals surface area (Å²) in [5, 5.41) is 0. The maximum Gasteiger partial charge on any atom is 0.249 e. The Balaban J connectivity index is 2.14. The molecule has 1 heterocycles. The summed E-state index contributed by atoms with van der Waals surface area (Å²) in [5.41, 5.74) is 0. The number of rotatable bonds is 2. The van der Waals surface area contributed by atoms with Crippen molar-refractivity contribution < 1.29 is 4.84 Å². The highest BCUT2D eigenvalue weighted by Crippen LogP contribution is 2.00. The summed E-state index contributed by atoms with van der Waals surface area (Å²) < 4.78 is 0. The largest absolute Gasteiger partial charge is 0.312 e. The summed E-state index contributed by atoms with van der Waals surface area (Å²) in [5.74, 6) is 0. The van der Waals surface area contributed by atoms with Crippen molar-refractivity contribution in [2.45, 2.75) is 6.32 Å². The molecule has 1 aliphatic rings. The van der Waals surface area contributed by atoms with Gasteiger partial charge in [0.15, 0.2) is 0 Å². The Kier molecular flexibility index (Phi) is 2.12. The molecule has 0 aromatic heterocycles. The van der Waals surface area contributed by atoms with Gasteiger partial charge in [0, 0.05) is 6.54 Å². The number of hydrogen-bond donors (Lipinski definition) is 0.